The Bertz CT molecular complexity index is 385. The molecule has 0 fully saturated rings. The van der Waals surface area contributed by atoms with Gasteiger partial charge in [-0.05, 0) is 6.07 Å². The van der Waals surface area contributed by atoms with E-state index in [0.717, 1.165) is 15.6 Å². The molecule has 0 aliphatic heterocycles. The van der Waals surface area contributed by atoms with Gasteiger partial charge in [0.05, 0.1) is 12.4 Å². The highest BCUT2D eigenvalue weighted by atomic mass is 32.1. The van der Waals surface area contributed by atoms with Gasteiger partial charge in [-0.3, -0.25) is 0 Å². The molecule has 5 nitrogen and oxygen atoms in total. The lowest BCUT2D eigenvalue weighted by Gasteiger charge is -1.89. The molecule has 66 valence electrons. The van der Waals surface area contributed by atoms with Crippen molar-refractivity contribution < 1.29 is 0 Å². The van der Waals surface area contributed by atoms with Crippen molar-refractivity contribution in [2.45, 2.75) is 6.54 Å². The maximum atomic E-state index is 5.42. The number of hydrogen-bond acceptors (Lipinski definition) is 6. The van der Waals surface area contributed by atoms with Crippen molar-refractivity contribution in [2.24, 2.45) is 5.73 Å². The second-order valence-corrected chi connectivity index (χ2v) is 3.40. The van der Waals surface area contributed by atoms with E-state index in [1.165, 1.54) is 11.3 Å². The van der Waals surface area contributed by atoms with E-state index in [9.17, 15) is 0 Å². The standard InChI is InChI=1S/C7H7N5S/c8-3-6-11-12-7(13-6)5-1-2-9-10-4-5/h1-2,4H,3,8H2. The second-order valence-electron chi connectivity index (χ2n) is 2.34. The second kappa shape index (κ2) is 3.55. The van der Waals surface area contributed by atoms with Gasteiger partial charge in [0.1, 0.15) is 10.0 Å². The average Bonchev–Trinajstić information content (AvgIpc) is 2.67. The van der Waals surface area contributed by atoms with Crippen molar-refractivity contribution in [1.82, 2.24) is 20.4 Å². The molecule has 0 aliphatic rings. The van der Waals surface area contributed by atoms with Gasteiger partial charge in [-0.1, -0.05) is 11.3 Å². The summed E-state index contributed by atoms with van der Waals surface area (Å²) in [6.07, 6.45) is 3.28. The lowest BCUT2D eigenvalue weighted by molar-refractivity contribution is 0.958. The summed E-state index contributed by atoms with van der Waals surface area (Å²) in [5, 5.41) is 17.0. The molecule has 0 spiro atoms. The van der Waals surface area contributed by atoms with Gasteiger partial charge < -0.3 is 5.73 Å². The Morgan fingerprint density at radius 3 is 2.85 bits per heavy atom. The van der Waals surface area contributed by atoms with Crippen molar-refractivity contribution in [3.63, 3.8) is 0 Å². The maximum Gasteiger partial charge on any atom is 0.149 e. The summed E-state index contributed by atoms with van der Waals surface area (Å²) in [5.41, 5.74) is 6.34. The third-order valence-electron chi connectivity index (χ3n) is 1.47. The highest BCUT2D eigenvalue weighted by Gasteiger charge is 2.04. The van der Waals surface area contributed by atoms with Crippen LogP contribution in [0, 0.1) is 0 Å². The number of nitrogens with two attached hydrogens (primary N) is 1. The van der Waals surface area contributed by atoms with E-state index in [-0.39, 0.29) is 0 Å². The van der Waals surface area contributed by atoms with Gasteiger partial charge in [-0.2, -0.15) is 10.2 Å². The third-order valence-corrected chi connectivity index (χ3v) is 2.47. The number of nitrogens with zero attached hydrogens (tertiary/aromatic N) is 4. The Morgan fingerprint density at radius 1 is 1.31 bits per heavy atom. The molecule has 0 bridgehead atoms. The van der Waals surface area contributed by atoms with Crippen LogP contribution < -0.4 is 5.73 Å². The number of rotatable bonds is 2. The van der Waals surface area contributed by atoms with E-state index < -0.39 is 0 Å². The fraction of sp³-hybridized carbons (Fsp3) is 0.143. The van der Waals surface area contributed by atoms with Gasteiger partial charge in [-0.15, -0.1) is 10.2 Å². The molecule has 6 heteroatoms. The zero-order chi connectivity index (χ0) is 9.10. The molecule has 2 rings (SSSR count). The van der Waals surface area contributed by atoms with Crippen LogP contribution in [0.15, 0.2) is 18.5 Å². The van der Waals surface area contributed by atoms with Crippen molar-refractivity contribution in [3.8, 4) is 10.6 Å². The fourth-order valence-corrected chi connectivity index (χ4v) is 1.58. The summed E-state index contributed by atoms with van der Waals surface area (Å²) in [4.78, 5) is 0. The molecule has 2 aromatic rings. The smallest absolute Gasteiger partial charge is 0.149 e. The molecule has 0 saturated heterocycles. The molecule has 2 heterocycles. The molecule has 0 aromatic carbocycles. The van der Waals surface area contributed by atoms with Crippen LogP contribution in [0.1, 0.15) is 5.01 Å². The topological polar surface area (TPSA) is 77.6 Å². The van der Waals surface area contributed by atoms with Crippen LogP contribution in [0.3, 0.4) is 0 Å². The lowest BCUT2D eigenvalue weighted by Crippen LogP contribution is -1.94. The Morgan fingerprint density at radius 2 is 2.23 bits per heavy atom. The quantitative estimate of drug-likeness (QED) is 0.749. The van der Waals surface area contributed by atoms with Gasteiger partial charge >= 0.3 is 0 Å². The molecule has 0 unspecified atom stereocenters. The van der Waals surface area contributed by atoms with Gasteiger partial charge in [-0.25, -0.2) is 0 Å². The monoisotopic (exact) mass is 193 g/mol. The van der Waals surface area contributed by atoms with Crippen LogP contribution in [0.4, 0.5) is 0 Å². The first kappa shape index (κ1) is 8.21. The first-order chi connectivity index (χ1) is 6.40. The summed E-state index contributed by atoms with van der Waals surface area (Å²) in [6.45, 7) is 0.427. The van der Waals surface area contributed by atoms with Crippen LogP contribution in [-0.4, -0.2) is 20.4 Å². The minimum atomic E-state index is 0.427. The largest absolute Gasteiger partial charge is 0.324 e. The SMILES string of the molecule is NCc1nnc(-c2ccnnc2)s1. The predicted molar refractivity (Wildman–Crippen MR) is 48.8 cm³/mol. The van der Waals surface area contributed by atoms with Crippen molar-refractivity contribution in [3.05, 3.63) is 23.5 Å². The highest BCUT2D eigenvalue weighted by Crippen LogP contribution is 2.21. The maximum absolute atomic E-state index is 5.42. The zero-order valence-corrected chi connectivity index (χ0v) is 7.53. The Hall–Kier alpha value is -1.40. The Labute approximate surface area is 78.6 Å². The first-order valence-electron chi connectivity index (χ1n) is 3.69. The van der Waals surface area contributed by atoms with Crippen LogP contribution in [0.2, 0.25) is 0 Å². The van der Waals surface area contributed by atoms with Crippen molar-refractivity contribution in [2.75, 3.05) is 0 Å². The molecule has 13 heavy (non-hydrogen) atoms. The average molecular weight is 193 g/mol. The van der Waals surface area contributed by atoms with Gasteiger partial charge in [0.2, 0.25) is 0 Å². The molecular weight excluding hydrogens is 186 g/mol. The van der Waals surface area contributed by atoms with E-state index >= 15 is 0 Å². The van der Waals surface area contributed by atoms with Gasteiger partial charge in [0, 0.05) is 12.1 Å². The predicted octanol–water partition coefficient (Wildman–Crippen LogP) is 0.454. The Kier molecular flexibility index (Phi) is 2.24. The molecule has 2 aromatic heterocycles. The van der Waals surface area contributed by atoms with E-state index in [4.69, 9.17) is 5.73 Å². The first-order valence-corrected chi connectivity index (χ1v) is 4.51. The minimum absolute atomic E-state index is 0.427. The summed E-state index contributed by atoms with van der Waals surface area (Å²) in [6, 6.07) is 1.84. The normalized spacial score (nSPS) is 10.2. The lowest BCUT2D eigenvalue weighted by atomic mass is 10.3. The minimum Gasteiger partial charge on any atom is -0.324 e. The summed E-state index contributed by atoms with van der Waals surface area (Å²) >= 11 is 1.47. The van der Waals surface area contributed by atoms with Crippen molar-refractivity contribution >= 4 is 11.3 Å². The summed E-state index contributed by atoms with van der Waals surface area (Å²) in [5.74, 6) is 0. The number of hydrogen-bond donors (Lipinski definition) is 1. The Balaban J connectivity index is 2.36. The molecule has 0 aliphatic carbocycles. The van der Waals surface area contributed by atoms with E-state index in [2.05, 4.69) is 20.4 Å². The zero-order valence-electron chi connectivity index (χ0n) is 6.71. The van der Waals surface area contributed by atoms with Crippen molar-refractivity contribution in [1.29, 1.82) is 0 Å². The summed E-state index contributed by atoms with van der Waals surface area (Å²) < 4.78 is 0. The van der Waals surface area contributed by atoms with Gasteiger partial charge in [0.25, 0.3) is 0 Å². The molecule has 0 radical (unpaired) electrons. The molecule has 0 amide bonds. The van der Waals surface area contributed by atoms with E-state index in [1.54, 1.807) is 12.4 Å². The highest BCUT2D eigenvalue weighted by molar-refractivity contribution is 7.14. The van der Waals surface area contributed by atoms with E-state index in [1.807, 2.05) is 6.07 Å². The molecule has 0 saturated carbocycles. The van der Waals surface area contributed by atoms with Crippen LogP contribution >= 0.6 is 11.3 Å². The van der Waals surface area contributed by atoms with Crippen LogP contribution in [-0.2, 0) is 6.54 Å². The molecule has 2 N–H and O–H groups in total. The van der Waals surface area contributed by atoms with Crippen LogP contribution in [0.25, 0.3) is 10.6 Å². The summed E-state index contributed by atoms with van der Waals surface area (Å²) in [7, 11) is 0. The molecular formula is C7H7N5S. The third kappa shape index (κ3) is 1.68. The fourth-order valence-electron chi connectivity index (χ4n) is 0.870. The van der Waals surface area contributed by atoms with E-state index in [0.29, 0.717) is 6.54 Å². The number of aromatic nitrogens is 4. The van der Waals surface area contributed by atoms with Crippen LogP contribution in [0.5, 0.6) is 0 Å². The van der Waals surface area contributed by atoms with Gasteiger partial charge in [0.15, 0.2) is 0 Å². The molecule has 0 atom stereocenters.